The van der Waals surface area contributed by atoms with Crippen LogP contribution in [0.5, 0.6) is 0 Å². The fourth-order valence-corrected chi connectivity index (χ4v) is 4.50. The highest BCUT2D eigenvalue weighted by atomic mass is 16.2. The number of hydrogen-bond donors (Lipinski definition) is 4. The molecule has 4 amide bonds. The van der Waals surface area contributed by atoms with Crippen LogP contribution in [0.3, 0.4) is 0 Å². The molecule has 42 heavy (non-hydrogen) atoms. The van der Waals surface area contributed by atoms with E-state index in [4.69, 9.17) is 0 Å². The van der Waals surface area contributed by atoms with Crippen LogP contribution in [0.15, 0.2) is 24.3 Å². The van der Waals surface area contributed by atoms with Crippen LogP contribution in [-0.2, 0) is 9.59 Å². The van der Waals surface area contributed by atoms with Gasteiger partial charge in [-0.25, -0.2) is 0 Å². The lowest BCUT2D eigenvalue weighted by molar-refractivity contribution is -0.131. The third kappa shape index (κ3) is 13.4. The van der Waals surface area contributed by atoms with E-state index < -0.39 is 12.1 Å². The zero-order valence-corrected chi connectivity index (χ0v) is 27.5. The van der Waals surface area contributed by atoms with E-state index >= 15 is 0 Å². The van der Waals surface area contributed by atoms with Crippen molar-refractivity contribution in [1.82, 2.24) is 26.2 Å². The second-order valence-electron chi connectivity index (χ2n) is 12.5. The quantitative estimate of drug-likeness (QED) is 0.192. The fourth-order valence-electron chi connectivity index (χ4n) is 4.50. The third-order valence-electron chi connectivity index (χ3n) is 7.07. The smallest absolute Gasteiger partial charge is 0.253 e. The van der Waals surface area contributed by atoms with Crippen LogP contribution >= 0.6 is 0 Å². The van der Waals surface area contributed by atoms with Gasteiger partial charge in [-0.05, 0) is 68.6 Å². The molecule has 0 aromatic heterocycles. The van der Waals surface area contributed by atoms with Crippen molar-refractivity contribution in [2.45, 2.75) is 106 Å². The van der Waals surface area contributed by atoms with Crippen molar-refractivity contribution in [2.75, 3.05) is 26.2 Å². The van der Waals surface area contributed by atoms with Crippen molar-refractivity contribution in [3.63, 3.8) is 0 Å². The first-order chi connectivity index (χ1) is 19.8. The number of nitrogens with one attached hydrogen (secondary N) is 4. The molecule has 0 bridgehead atoms. The van der Waals surface area contributed by atoms with E-state index in [2.05, 4.69) is 35.1 Å². The number of rotatable bonds is 19. The molecule has 238 valence electrons. The van der Waals surface area contributed by atoms with Gasteiger partial charge in [0.15, 0.2) is 0 Å². The van der Waals surface area contributed by atoms with Crippen molar-refractivity contribution in [3.8, 4) is 0 Å². The Morgan fingerprint density at radius 2 is 1.38 bits per heavy atom. The van der Waals surface area contributed by atoms with Gasteiger partial charge in [0.05, 0.1) is 6.04 Å². The minimum Gasteiger partial charge on any atom is -0.354 e. The molecule has 0 aliphatic rings. The van der Waals surface area contributed by atoms with Gasteiger partial charge in [0.25, 0.3) is 11.8 Å². The first-order valence-electron chi connectivity index (χ1n) is 15.8. The van der Waals surface area contributed by atoms with Crippen LogP contribution in [-0.4, -0.2) is 72.8 Å². The minimum atomic E-state index is -0.627. The summed E-state index contributed by atoms with van der Waals surface area (Å²) < 4.78 is 0. The Balaban J connectivity index is 2.91. The van der Waals surface area contributed by atoms with E-state index in [0.717, 1.165) is 25.7 Å². The molecule has 0 aliphatic heterocycles. The maximum atomic E-state index is 13.3. The van der Waals surface area contributed by atoms with Gasteiger partial charge in [0, 0.05) is 43.3 Å². The van der Waals surface area contributed by atoms with E-state index in [-0.39, 0.29) is 35.6 Å². The molecule has 0 heterocycles. The highest BCUT2D eigenvalue weighted by molar-refractivity contribution is 5.99. The number of benzene rings is 1. The molecule has 0 unspecified atom stereocenters. The molecule has 3 atom stereocenters. The lowest BCUT2D eigenvalue weighted by Gasteiger charge is -2.26. The summed E-state index contributed by atoms with van der Waals surface area (Å²) in [6.45, 7) is 20.3. The zero-order chi connectivity index (χ0) is 31.8. The molecular formula is C33H57N5O4. The van der Waals surface area contributed by atoms with E-state index in [1.165, 1.54) is 0 Å². The molecule has 0 radical (unpaired) electrons. The first kappa shape index (κ1) is 37.1. The van der Waals surface area contributed by atoms with Crippen LogP contribution < -0.4 is 21.3 Å². The molecule has 0 saturated heterocycles. The van der Waals surface area contributed by atoms with Crippen molar-refractivity contribution < 1.29 is 19.2 Å². The van der Waals surface area contributed by atoms with Gasteiger partial charge in [0.2, 0.25) is 11.8 Å². The molecule has 9 heteroatoms. The van der Waals surface area contributed by atoms with Gasteiger partial charge in [0.1, 0.15) is 6.04 Å². The van der Waals surface area contributed by atoms with Crippen LogP contribution in [0.25, 0.3) is 0 Å². The Morgan fingerprint density at radius 1 is 0.762 bits per heavy atom. The van der Waals surface area contributed by atoms with E-state index in [0.29, 0.717) is 49.1 Å². The predicted molar refractivity (Wildman–Crippen MR) is 170 cm³/mol. The Hall–Kier alpha value is -2.94. The molecule has 1 rings (SSSR count). The van der Waals surface area contributed by atoms with Crippen LogP contribution in [0.1, 0.15) is 109 Å². The Labute approximate surface area is 254 Å². The molecule has 1 aromatic rings. The normalized spacial score (nSPS) is 13.5. The number of hydrogen-bond acceptors (Lipinski definition) is 5. The summed E-state index contributed by atoms with van der Waals surface area (Å²) in [6.07, 6.45) is 3.38. The molecule has 9 nitrogen and oxygen atoms in total. The van der Waals surface area contributed by atoms with Gasteiger partial charge >= 0.3 is 0 Å². The predicted octanol–water partition coefficient (Wildman–Crippen LogP) is 4.37. The summed E-state index contributed by atoms with van der Waals surface area (Å²) >= 11 is 0. The SMILES string of the molecule is CCCN(CCC)C(=O)c1cccc(C(=O)N[C@@H](CCC(C)C)CN[C@@H](C)C(=O)N[C@H](C(=O)NCC(C)C)C(C)C)c1. The first-order valence-corrected chi connectivity index (χ1v) is 15.8. The molecule has 0 saturated carbocycles. The van der Waals surface area contributed by atoms with Gasteiger partial charge < -0.3 is 26.2 Å². The van der Waals surface area contributed by atoms with Crippen LogP contribution in [0.2, 0.25) is 0 Å². The average molecular weight is 588 g/mol. The standard InChI is InChI=1S/C33H57N5O4/c1-10-17-38(18-11-2)33(42)27-14-12-13-26(19-27)31(40)36-28(16-15-22(3)4)21-34-25(9)30(39)37-29(24(7)8)32(41)35-20-23(5)6/h12-14,19,22-25,28-29,34H,10-11,15-18,20-21H2,1-9H3,(H,35,41)(H,36,40)(H,37,39)/t25-,28-,29-/m0/s1. The summed E-state index contributed by atoms with van der Waals surface area (Å²) in [7, 11) is 0. The largest absolute Gasteiger partial charge is 0.354 e. The Bertz CT molecular complexity index is 988. The summed E-state index contributed by atoms with van der Waals surface area (Å²) in [6, 6.07) is 5.47. The zero-order valence-electron chi connectivity index (χ0n) is 27.5. The second-order valence-corrected chi connectivity index (χ2v) is 12.5. The maximum Gasteiger partial charge on any atom is 0.253 e. The second kappa shape index (κ2) is 19.3. The number of carbonyl (C=O) groups excluding carboxylic acids is 4. The monoisotopic (exact) mass is 587 g/mol. The van der Waals surface area contributed by atoms with E-state index in [1.54, 1.807) is 31.2 Å². The van der Waals surface area contributed by atoms with Gasteiger partial charge in [-0.1, -0.05) is 61.5 Å². The van der Waals surface area contributed by atoms with Gasteiger partial charge in [-0.15, -0.1) is 0 Å². The molecule has 1 aromatic carbocycles. The number of nitrogens with zero attached hydrogens (tertiary/aromatic N) is 1. The highest BCUT2D eigenvalue weighted by Crippen LogP contribution is 2.12. The molecular weight excluding hydrogens is 530 g/mol. The minimum absolute atomic E-state index is 0.0648. The highest BCUT2D eigenvalue weighted by Gasteiger charge is 2.27. The lowest BCUT2D eigenvalue weighted by atomic mass is 10.0. The van der Waals surface area contributed by atoms with Crippen molar-refractivity contribution in [3.05, 3.63) is 35.4 Å². The molecule has 0 aliphatic carbocycles. The van der Waals surface area contributed by atoms with Gasteiger partial charge in [-0.2, -0.15) is 0 Å². The number of carbonyl (C=O) groups is 4. The van der Waals surface area contributed by atoms with Crippen molar-refractivity contribution >= 4 is 23.6 Å². The van der Waals surface area contributed by atoms with Crippen molar-refractivity contribution in [2.24, 2.45) is 17.8 Å². The lowest BCUT2D eigenvalue weighted by Crippen LogP contribution is -2.55. The van der Waals surface area contributed by atoms with E-state index in [1.807, 2.05) is 46.4 Å². The Morgan fingerprint density at radius 3 is 1.93 bits per heavy atom. The fraction of sp³-hybridized carbons (Fsp3) is 0.697. The molecule has 4 N–H and O–H groups in total. The summed E-state index contributed by atoms with van der Waals surface area (Å²) in [5.74, 6) is -0.0710. The Kier molecular flexibility index (Phi) is 17.0. The summed E-state index contributed by atoms with van der Waals surface area (Å²) in [5, 5.41) is 12.2. The van der Waals surface area contributed by atoms with Gasteiger partial charge in [-0.3, -0.25) is 19.2 Å². The van der Waals surface area contributed by atoms with E-state index in [9.17, 15) is 19.2 Å². The third-order valence-corrected chi connectivity index (χ3v) is 7.07. The molecule has 0 fully saturated rings. The summed E-state index contributed by atoms with van der Waals surface area (Å²) in [5.41, 5.74) is 0.935. The topological polar surface area (TPSA) is 120 Å². The number of amides is 4. The maximum absolute atomic E-state index is 13.3. The van der Waals surface area contributed by atoms with Crippen LogP contribution in [0.4, 0.5) is 0 Å². The summed E-state index contributed by atoms with van der Waals surface area (Å²) in [4.78, 5) is 53.9. The molecule has 0 spiro atoms. The van der Waals surface area contributed by atoms with Crippen LogP contribution in [0, 0.1) is 17.8 Å². The average Bonchev–Trinajstić information content (AvgIpc) is 2.94. The van der Waals surface area contributed by atoms with Crippen molar-refractivity contribution in [1.29, 1.82) is 0 Å².